The van der Waals surface area contributed by atoms with Crippen molar-refractivity contribution in [3.05, 3.63) is 52.2 Å². The van der Waals surface area contributed by atoms with Crippen molar-refractivity contribution >= 4 is 29.6 Å². The quantitative estimate of drug-likeness (QED) is 0.371. The number of carbonyl (C=O) groups is 2. The molecule has 8 nitrogen and oxygen atoms in total. The number of ether oxygens (including phenoxy) is 2. The number of hydrogen-bond acceptors (Lipinski definition) is 8. The monoisotopic (exact) mass is 437 g/mol. The Bertz CT molecular complexity index is 877. The van der Waals surface area contributed by atoms with E-state index in [2.05, 4.69) is 10.2 Å². The smallest absolute Gasteiger partial charge is 0.342 e. The number of benzene rings is 1. The number of aromatic hydroxyl groups is 2. The van der Waals surface area contributed by atoms with Gasteiger partial charge in [-0.2, -0.15) is 0 Å². The standard InChI is InChI=1S/C21H24ClNO7/c1-13-8-6-4-3-5-7-9-14(23-29-12-18(26)28-2)10-15-19(21(27)30-13)16(24)11-17(25)20(15)22/h4,6-7,9-11,13,23-25H,3,5,8,12H2,1-2H3/b6-4?,9-7?,14-10-. The molecule has 1 aromatic carbocycles. The molecular formula is C21H24ClNO7. The van der Waals surface area contributed by atoms with Crippen molar-refractivity contribution in [3.63, 3.8) is 0 Å². The van der Waals surface area contributed by atoms with E-state index < -0.39 is 29.5 Å². The van der Waals surface area contributed by atoms with E-state index in [0.717, 1.165) is 12.5 Å². The molecule has 0 saturated heterocycles. The summed E-state index contributed by atoms with van der Waals surface area (Å²) in [5.74, 6) is -2.28. The predicted molar refractivity (Wildman–Crippen MR) is 111 cm³/mol. The molecular weight excluding hydrogens is 414 g/mol. The minimum atomic E-state index is -0.794. The zero-order chi connectivity index (χ0) is 22.1. The molecule has 0 amide bonds. The molecule has 1 atom stereocenters. The van der Waals surface area contributed by atoms with Crippen LogP contribution >= 0.6 is 11.6 Å². The Hall–Kier alpha value is -2.97. The topological polar surface area (TPSA) is 114 Å². The van der Waals surface area contributed by atoms with Crippen LogP contribution in [0, 0.1) is 0 Å². The predicted octanol–water partition coefficient (Wildman–Crippen LogP) is 3.63. The number of cyclic esters (lactones) is 1. The Kier molecular flexibility index (Phi) is 8.76. The van der Waals surface area contributed by atoms with E-state index in [0.29, 0.717) is 18.5 Å². The Morgan fingerprint density at radius 3 is 2.73 bits per heavy atom. The molecule has 0 fully saturated rings. The van der Waals surface area contributed by atoms with Gasteiger partial charge in [0.05, 0.1) is 17.8 Å². The summed E-state index contributed by atoms with van der Waals surface area (Å²) in [7, 11) is 1.23. The molecule has 3 N–H and O–H groups in total. The molecule has 0 aromatic heterocycles. The molecule has 1 unspecified atom stereocenters. The van der Waals surface area contributed by atoms with Crippen molar-refractivity contribution in [1.29, 1.82) is 0 Å². The molecule has 1 heterocycles. The number of carbonyl (C=O) groups excluding carboxylic acids is 2. The summed E-state index contributed by atoms with van der Waals surface area (Å²) in [6.07, 6.45) is 10.4. The Morgan fingerprint density at radius 1 is 1.27 bits per heavy atom. The van der Waals surface area contributed by atoms with Crippen molar-refractivity contribution in [3.8, 4) is 11.5 Å². The van der Waals surface area contributed by atoms with Gasteiger partial charge in [-0.25, -0.2) is 9.59 Å². The third-order valence-electron chi connectivity index (χ3n) is 4.11. The average molecular weight is 438 g/mol. The first-order valence-corrected chi connectivity index (χ1v) is 9.64. The van der Waals surface area contributed by atoms with E-state index >= 15 is 0 Å². The number of hydrogen-bond donors (Lipinski definition) is 3. The van der Waals surface area contributed by atoms with Gasteiger partial charge in [-0.15, -0.1) is 0 Å². The molecule has 9 heteroatoms. The van der Waals surface area contributed by atoms with Gasteiger partial charge >= 0.3 is 11.9 Å². The van der Waals surface area contributed by atoms with E-state index in [4.69, 9.17) is 21.2 Å². The lowest BCUT2D eigenvalue weighted by Gasteiger charge is -2.16. The highest BCUT2D eigenvalue weighted by Crippen LogP contribution is 2.38. The Balaban J connectivity index is 2.51. The molecule has 1 aliphatic rings. The maximum atomic E-state index is 12.7. The van der Waals surface area contributed by atoms with Gasteiger partial charge in [-0.05, 0) is 31.9 Å². The lowest BCUT2D eigenvalue weighted by atomic mass is 10.0. The van der Waals surface area contributed by atoms with Gasteiger partial charge in [-0.1, -0.05) is 29.8 Å². The first-order valence-electron chi connectivity index (χ1n) is 9.26. The zero-order valence-electron chi connectivity index (χ0n) is 16.7. The van der Waals surface area contributed by atoms with Crippen LogP contribution in [0.15, 0.2) is 36.1 Å². The summed E-state index contributed by atoms with van der Waals surface area (Å²) in [5.41, 5.74) is 2.73. The SMILES string of the molecule is COC(=O)CON/C1=C\c2c(Cl)c(O)cc(O)c2C(=O)OC(C)CC=CCCC=C1. The summed E-state index contributed by atoms with van der Waals surface area (Å²) in [6, 6.07) is 0.973. The minimum absolute atomic E-state index is 0.0350. The summed E-state index contributed by atoms with van der Waals surface area (Å²) < 4.78 is 9.92. The fourth-order valence-electron chi connectivity index (χ4n) is 2.60. The molecule has 0 saturated carbocycles. The zero-order valence-corrected chi connectivity index (χ0v) is 17.4. The number of allylic oxidation sites excluding steroid dienone is 3. The van der Waals surface area contributed by atoms with E-state index in [1.165, 1.54) is 13.2 Å². The second-order valence-electron chi connectivity index (χ2n) is 6.49. The fraction of sp³-hybridized carbons (Fsp3) is 0.333. The molecule has 2 rings (SSSR count). The van der Waals surface area contributed by atoms with Gasteiger partial charge in [0, 0.05) is 18.1 Å². The van der Waals surface area contributed by atoms with Crippen LogP contribution in [0.2, 0.25) is 5.02 Å². The lowest BCUT2D eigenvalue weighted by molar-refractivity contribution is -0.147. The van der Waals surface area contributed by atoms with E-state index in [1.54, 1.807) is 13.0 Å². The second kappa shape index (κ2) is 11.3. The van der Waals surface area contributed by atoms with Gasteiger partial charge < -0.3 is 19.7 Å². The normalized spacial score (nSPS) is 19.1. The van der Waals surface area contributed by atoms with Crippen LogP contribution in [0.4, 0.5) is 0 Å². The number of nitrogens with one attached hydrogen (secondary N) is 1. The summed E-state index contributed by atoms with van der Waals surface area (Å²) >= 11 is 6.22. The number of fused-ring (bicyclic) bond motifs is 1. The summed E-state index contributed by atoms with van der Waals surface area (Å²) in [4.78, 5) is 29.1. The van der Waals surface area contributed by atoms with Gasteiger partial charge in [0.15, 0.2) is 6.61 Å². The van der Waals surface area contributed by atoms with Crippen molar-refractivity contribution < 1.29 is 34.1 Å². The number of phenolic OH excluding ortho intramolecular Hbond substituents is 2. The third kappa shape index (κ3) is 6.53. The highest BCUT2D eigenvalue weighted by Gasteiger charge is 2.24. The average Bonchev–Trinajstić information content (AvgIpc) is 2.69. The number of halogens is 1. The fourth-order valence-corrected chi connectivity index (χ4v) is 2.81. The van der Waals surface area contributed by atoms with Gasteiger partial charge in [0.1, 0.15) is 23.2 Å². The van der Waals surface area contributed by atoms with Crippen LogP contribution in [0.3, 0.4) is 0 Å². The van der Waals surface area contributed by atoms with Crippen LogP contribution in [-0.4, -0.2) is 42.0 Å². The summed E-state index contributed by atoms with van der Waals surface area (Å²) in [6.45, 7) is 1.37. The molecule has 30 heavy (non-hydrogen) atoms. The first kappa shape index (κ1) is 23.3. The number of phenols is 2. The molecule has 1 aromatic rings. The minimum Gasteiger partial charge on any atom is -0.507 e. The van der Waals surface area contributed by atoms with Crippen LogP contribution in [0.1, 0.15) is 42.1 Å². The van der Waals surface area contributed by atoms with Crippen LogP contribution < -0.4 is 5.48 Å². The van der Waals surface area contributed by atoms with Crippen LogP contribution in [-0.2, 0) is 19.1 Å². The first-order chi connectivity index (χ1) is 14.3. The maximum absolute atomic E-state index is 12.7. The number of esters is 2. The van der Waals surface area contributed by atoms with E-state index in [1.807, 2.05) is 18.2 Å². The number of rotatable bonds is 4. The van der Waals surface area contributed by atoms with Gasteiger partial charge in [0.2, 0.25) is 0 Å². The highest BCUT2D eigenvalue weighted by atomic mass is 35.5. The molecule has 1 aliphatic heterocycles. The molecule has 162 valence electrons. The molecule has 0 radical (unpaired) electrons. The van der Waals surface area contributed by atoms with E-state index in [9.17, 15) is 19.8 Å². The number of hydroxylamine groups is 1. The maximum Gasteiger partial charge on any atom is 0.342 e. The second-order valence-corrected chi connectivity index (χ2v) is 6.86. The van der Waals surface area contributed by atoms with Crippen molar-refractivity contribution in [2.45, 2.75) is 32.3 Å². The molecule has 0 spiro atoms. The van der Waals surface area contributed by atoms with Crippen molar-refractivity contribution in [2.75, 3.05) is 13.7 Å². The van der Waals surface area contributed by atoms with Crippen molar-refractivity contribution in [1.82, 2.24) is 5.48 Å². The van der Waals surface area contributed by atoms with E-state index in [-0.39, 0.29) is 22.8 Å². The van der Waals surface area contributed by atoms with Crippen LogP contribution in [0.25, 0.3) is 6.08 Å². The Morgan fingerprint density at radius 2 is 2.00 bits per heavy atom. The highest BCUT2D eigenvalue weighted by molar-refractivity contribution is 6.34. The molecule has 0 aliphatic carbocycles. The van der Waals surface area contributed by atoms with Crippen LogP contribution in [0.5, 0.6) is 11.5 Å². The van der Waals surface area contributed by atoms with Gasteiger partial charge in [0.25, 0.3) is 0 Å². The summed E-state index contributed by atoms with van der Waals surface area (Å²) in [5, 5.41) is 20.2. The molecule has 0 bridgehead atoms. The van der Waals surface area contributed by atoms with Gasteiger partial charge in [-0.3, -0.25) is 10.3 Å². The third-order valence-corrected chi connectivity index (χ3v) is 4.51. The van der Waals surface area contributed by atoms with Crippen molar-refractivity contribution in [2.24, 2.45) is 0 Å². The number of methoxy groups -OCH3 is 1. The lowest BCUT2D eigenvalue weighted by Crippen LogP contribution is -2.20. The largest absolute Gasteiger partial charge is 0.507 e. The Labute approximate surface area is 179 Å².